The molecule has 1 N–H and O–H groups in total. The third-order valence-corrected chi connectivity index (χ3v) is 14.8. The summed E-state index contributed by atoms with van der Waals surface area (Å²) in [6.07, 6.45) is 93.6. The van der Waals surface area contributed by atoms with Gasteiger partial charge in [0.1, 0.15) is 19.8 Å². The molecule has 0 rings (SSSR count). The van der Waals surface area contributed by atoms with Crippen LogP contribution in [-0.4, -0.2) is 74.9 Å². The molecule has 2 atom stereocenters. The molecule has 0 aliphatic rings. The van der Waals surface area contributed by atoms with Crippen LogP contribution in [0.3, 0.4) is 0 Å². The normalized spacial score (nSPS) is 14.1. The molecule has 9 nitrogen and oxygen atoms in total. The Balaban J connectivity index is 4.09. The van der Waals surface area contributed by atoms with Crippen LogP contribution in [0.2, 0.25) is 0 Å². The van der Waals surface area contributed by atoms with Gasteiger partial charge in [-0.2, -0.15) is 0 Å². The van der Waals surface area contributed by atoms with Gasteiger partial charge in [-0.25, -0.2) is 4.57 Å². The summed E-state index contributed by atoms with van der Waals surface area (Å²) < 4.78 is 34.7. The van der Waals surface area contributed by atoms with Gasteiger partial charge in [-0.05, 0) is 116 Å². The second kappa shape index (κ2) is 63.4. The van der Waals surface area contributed by atoms with Gasteiger partial charge in [-0.15, -0.1) is 0 Å². The maximum Gasteiger partial charge on any atom is 0.472 e. The Morgan fingerprint density at radius 2 is 0.643 bits per heavy atom. The van der Waals surface area contributed by atoms with E-state index in [0.29, 0.717) is 17.4 Å². The monoisotopic (exact) mass is 1190 g/mol. The smallest absolute Gasteiger partial charge is 0.462 e. The number of hydrogen-bond acceptors (Lipinski definition) is 7. The SMILES string of the molecule is CC/C=C\C/C=C\C/C=C\C/C=C\C/C=C\C/C=C\C/C=C\CCCCCCCCCCCCCCCCCC(=O)OC(COC(=O)CCCCCCCCC/C=C\C/C=C\C/C=C\C/C=C\C/C=C\CC)COP(=O)(O)OCC[N+](C)(C)C. The molecular weight excluding hydrogens is 1060 g/mol. The Kier molecular flexibility index (Phi) is 60.3. The Labute approximate surface area is 516 Å². The first kappa shape index (κ1) is 79.9. The van der Waals surface area contributed by atoms with Gasteiger partial charge in [0.2, 0.25) is 0 Å². The number of phosphoric ester groups is 1. The van der Waals surface area contributed by atoms with Gasteiger partial charge in [0.05, 0.1) is 27.7 Å². The van der Waals surface area contributed by atoms with E-state index in [1.165, 1.54) is 96.3 Å². The van der Waals surface area contributed by atoms with Gasteiger partial charge >= 0.3 is 19.8 Å². The summed E-state index contributed by atoms with van der Waals surface area (Å²) in [5, 5.41) is 0. The Morgan fingerprint density at radius 3 is 0.952 bits per heavy atom. The van der Waals surface area contributed by atoms with Gasteiger partial charge < -0.3 is 18.9 Å². The molecule has 478 valence electrons. The molecule has 2 unspecified atom stereocenters. The number of quaternary nitrogens is 1. The number of likely N-dealkylation sites (N-methyl/N-ethyl adjacent to an activating group) is 1. The predicted molar refractivity (Wildman–Crippen MR) is 362 cm³/mol. The summed E-state index contributed by atoms with van der Waals surface area (Å²) in [5.74, 6) is -0.814. The highest BCUT2D eigenvalue weighted by Crippen LogP contribution is 2.43. The number of nitrogens with zero attached hydrogens (tertiary/aromatic N) is 1. The summed E-state index contributed by atoms with van der Waals surface area (Å²) in [5.41, 5.74) is 0. The molecule has 0 aromatic rings. The van der Waals surface area contributed by atoms with E-state index in [-0.39, 0.29) is 32.0 Å². The topological polar surface area (TPSA) is 108 Å². The fraction of sp³-hybridized carbons (Fsp3) is 0.649. The van der Waals surface area contributed by atoms with E-state index < -0.39 is 26.5 Å². The minimum absolute atomic E-state index is 0.0233. The fourth-order valence-electron chi connectivity index (χ4n) is 8.79. The zero-order chi connectivity index (χ0) is 61.2. The highest BCUT2D eigenvalue weighted by molar-refractivity contribution is 7.47. The first-order chi connectivity index (χ1) is 41.0. The maximum absolute atomic E-state index is 12.9. The molecule has 0 fully saturated rings. The van der Waals surface area contributed by atoms with Crippen molar-refractivity contribution in [2.75, 3.05) is 47.5 Å². The van der Waals surface area contributed by atoms with Crippen LogP contribution < -0.4 is 0 Å². The largest absolute Gasteiger partial charge is 0.472 e. The summed E-state index contributed by atoms with van der Waals surface area (Å²) in [7, 11) is 1.46. The van der Waals surface area contributed by atoms with Gasteiger partial charge in [-0.1, -0.05) is 275 Å². The number of carbonyl (C=O) groups excluding carboxylic acids is 2. The van der Waals surface area contributed by atoms with E-state index >= 15 is 0 Å². The highest BCUT2D eigenvalue weighted by atomic mass is 31.2. The minimum atomic E-state index is -4.40. The molecule has 0 saturated carbocycles. The first-order valence-electron chi connectivity index (χ1n) is 33.6. The van der Waals surface area contributed by atoms with Crippen molar-refractivity contribution in [2.45, 2.75) is 264 Å². The average Bonchev–Trinajstić information content (AvgIpc) is 3.61. The summed E-state index contributed by atoms with van der Waals surface area (Å²) in [6, 6.07) is 0. The predicted octanol–water partition coefficient (Wildman–Crippen LogP) is 21.8. The van der Waals surface area contributed by atoms with Gasteiger partial charge in [0.25, 0.3) is 0 Å². The molecule has 0 amide bonds. The van der Waals surface area contributed by atoms with Crippen LogP contribution in [0.4, 0.5) is 0 Å². The number of ether oxygens (including phenoxy) is 2. The lowest BCUT2D eigenvalue weighted by Crippen LogP contribution is -2.37. The fourth-order valence-corrected chi connectivity index (χ4v) is 9.53. The van der Waals surface area contributed by atoms with Crippen molar-refractivity contribution in [2.24, 2.45) is 0 Å². The van der Waals surface area contributed by atoms with Crippen molar-refractivity contribution in [1.82, 2.24) is 0 Å². The number of rotatable bonds is 60. The first-order valence-corrected chi connectivity index (χ1v) is 35.1. The molecule has 10 heteroatoms. The number of unbranched alkanes of at least 4 members (excludes halogenated alkanes) is 22. The number of esters is 2. The van der Waals surface area contributed by atoms with Crippen LogP contribution in [0.5, 0.6) is 0 Å². The number of allylic oxidation sites excluding steroid dienone is 24. The number of carbonyl (C=O) groups is 2. The van der Waals surface area contributed by atoms with E-state index in [2.05, 4.69) is 160 Å². The third kappa shape index (κ3) is 67.0. The third-order valence-electron chi connectivity index (χ3n) is 13.9. The van der Waals surface area contributed by atoms with Gasteiger partial charge in [-0.3, -0.25) is 18.6 Å². The molecule has 0 radical (unpaired) electrons. The molecule has 0 heterocycles. The highest BCUT2D eigenvalue weighted by Gasteiger charge is 2.27. The summed E-state index contributed by atoms with van der Waals surface area (Å²) >= 11 is 0. The van der Waals surface area contributed by atoms with Crippen molar-refractivity contribution in [1.29, 1.82) is 0 Å². The second-order valence-corrected chi connectivity index (χ2v) is 24.5. The molecule has 0 saturated heterocycles. The van der Waals surface area contributed by atoms with E-state index in [9.17, 15) is 19.0 Å². The van der Waals surface area contributed by atoms with Crippen LogP contribution >= 0.6 is 7.82 Å². The second-order valence-electron chi connectivity index (χ2n) is 23.1. The van der Waals surface area contributed by atoms with E-state index in [4.69, 9.17) is 18.5 Å². The molecule has 0 aromatic carbocycles. The van der Waals surface area contributed by atoms with Crippen LogP contribution in [0.25, 0.3) is 0 Å². The van der Waals surface area contributed by atoms with E-state index in [0.717, 1.165) is 128 Å². The summed E-state index contributed by atoms with van der Waals surface area (Å²) in [4.78, 5) is 35.8. The molecule has 0 bridgehead atoms. The molecule has 84 heavy (non-hydrogen) atoms. The van der Waals surface area contributed by atoms with Crippen molar-refractivity contribution in [3.8, 4) is 0 Å². The van der Waals surface area contributed by atoms with Gasteiger partial charge in [0.15, 0.2) is 6.10 Å². The van der Waals surface area contributed by atoms with E-state index in [1.54, 1.807) is 0 Å². The Bertz CT molecular complexity index is 1930. The van der Waals surface area contributed by atoms with E-state index in [1.807, 2.05) is 21.1 Å². The Morgan fingerprint density at radius 1 is 0.369 bits per heavy atom. The molecule has 0 aliphatic carbocycles. The number of hydrogen-bond donors (Lipinski definition) is 1. The van der Waals surface area contributed by atoms with Crippen LogP contribution in [-0.2, 0) is 32.7 Å². The Hall–Kier alpha value is -4.11. The lowest BCUT2D eigenvalue weighted by Gasteiger charge is -2.24. The molecular formula is C74H125NO8P+. The summed E-state index contributed by atoms with van der Waals surface area (Å²) in [6.45, 7) is 4.19. The van der Waals surface area contributed by atoms with Crippen LogP contribution in [0.15, 0.2) is 146 Å². The van der Waals surface area contributed by atoms with Crippen LogP contribution in [0, 0.1) is 0 Å². The standard InChI is InChI=1S/C74H124NO8P/c1-6-8-10-12-14-16-18-20-22-24-26-28-30-31-32-33-34-35-36-37-38-39-40-41-42-43-45-47-49-51-53-55-57-59-61-63-65-67-74(77)83-72(71-82-84(78,79)81-69-68-75(3,4)5)70-80-73(76)66-64-62-60-58-56-54-52-50-48-46-44-29-27-25-23-21-19-17-15-13-11-9-7-2/h8-11,14-17,20-23,26-29,31-32,34-35,37-38,46,48,72H,6-7,12-13,18-19,24-25,30,33,36,39-45,47,49-71H2,1-5H3/p+1/b10-8-,11-9-,16-14-,17-15-,22-20-,23-21-,28-26-,29-27-,32-31-,35-34-,38-37-,48-46-. The van der Waals surface area contributed by atoms with Crippen molar-refractivity contribution < 1.29 is 42.1 Å². The zero-order valence-electron chi connectivity index (χ0n) is 54.3. The molecule has 0 spiro atoms. The van der Waals surface area contributed by atoms with Crippen LogP contribution in [0.1, 0.15) is 258 Å². The zero-order valence-corrected chi connectivity index (χ0v) is 55.2. The number of phosphoric acid groups is 1. The van der Waals surface area contributed by atoms with Gasteiger partial charge in [0, 0.05) is 12.8 Å². The molecule has 0 aliphatic heterocycles. The lowest BCUT2D eigenvalue weighted by molar-refractivity contribution is -0.870. The lowest BCUT2D eigenvalue weighted by atomic mass is 10.0. The maximum atomic E-state index is 12.9. The van der Waals surface area contributed by atoms with Crippen molar-refractivity contribution in [3.63, 3.8) is 0 Å². The minimum Gasteiger partial charge on any atom is -0.462 e. The van der Waals surface area contributed by atoms with Crippen molar-refractivity contribution in [3.05, 3.63) is 146 Å². The average molecular weight is 1190 g/mol. The quantitative estimate of drug-likeness (QED) is 0.0211. The van der Waals surface area contributed by atoms with Crippen molar-refractivity contribution >= 4 is 19.8 Å². The molecule has 0 aromatic heterocycles.